The van der Waals surface area contributed by atoms with Crippen molar-refractivity contribution >= 4 is 27.7 Å². The van der Waals surface area contributed by atoms with E-state index in [4.69, 9.17) is 0 Å². The highest BCUT2D eigenvalue weighted by atomic mass is 79.9. The first kappa shape index (κ1) is 13.5. The minimum Gasteiger partial charge on any atom is -0.387 e. The van der Waals surface area contributed by atoms with E-state index in [1.807, 2.05) is 24.3 Å². The summed E-state index contributed by atoms with van der Waals surface area (Å²) in [4.78, 5) is 4.77. The number of benzene rings is 1. The molecule has 0 saturated carbocycles. The number of hydrogen-bond donors (Lipinski definition) is 1. The summed E-state index contributed by atoms with van der Waals surface area (Å²) in [6, 6.07) is 9.08. The van der Waals surface area contributed by atoms with E-state index < -0.39 is 11.9 Å². The van der Waals surface area contributed by atoms with Gasteiger partial charge < -0.3 is 5.11 Å². The summed E-state index contributed by atoms with van der Waals surface area (Å²) >= 11 is 4.95. The van der Waals surface area contributed by atoms with Crippen molar-refractivity contribution in [2.45, 2.75) is 11.0 Å². The molecule has 0 saturated heterocycles. The van der Waals surface area contributed by atoms with Crippen LogP contribution in [0.4, 0.5) is 4.39 Å². The van der Waals surface area contributed by atoms with E-state index in [1.54, 1.807) is 0 Å². The van der Waals surface area contributed by atoms with Crippen molar-refractivity contribution in [1.29, 1.82) is 0 Å². The van der Waals surface area contributed by atoms with Crippen molar-refractivity contribution in [1.82, 2.24) is 4.98 Å². The molecule has 1 N–H and O–H groups in total. The average Bonchev–Trinajstić information content (AvgIpc) is 2.37. The molecule has 2 aromatic rings. The van der Waals surface area contributed by atoms with Gasteiger partial charge in [0.2, 0.25) is 0 Å². The van der Waals surface area contributed by atoms with Gasteiger partial charge in [0.05, 0.1) is 12.3 Å². The highest BCUT2D eigenvalue weighted by Crippen LogP contribution is 2.30. The normalized spacial score (nSPS) is 12.4. The van der Waals surface area contributed by atoms with E-state index in [2.05, 4.69) is 20.9 Å². The average molecular weight is 328 g/mol. The zero-order chi connectivity index (χ0) is 13.0. The SMILES string of the molecule is OC(CSc1ccccc1Br)c1cncc(F)c1. The van der Waals surface area contributed by atoms with Gasteiger partial charge >= 0.3 is 0 Å². The fraction of sp³-hybridized carbons (Fsp3) is 0.154. The number of hydrogen-bond acceptors (Lipinski definition) is 3. The Morgan fingerprint density at radius 2 is 2.11 bits per heavy atom. The molecule has 0 spiro atoms. The van der Waals surface area contributed by atoms with Crippen molar-refractivity contribution < 1.29 is 9.50 Å². The molecule has 1 atom stereocenters. The van der Waals surface area contributed by atoms with Gasteiger partial charge in [0, 0.05) is 26.9 Å². The molecule has 0 fully saturated rings. The standard InChI is InChI=1S/C13H11BrFNOS/c14-11-3-1-2-4-13(11)18-8-12(17)9-5-10(15)7-16-6-9/h1-7,12,17H,8H2. The van der Waals surface area contributed by atoms with Crippen LogP contribution in [0.15, 0.2) is 52.1 Å². The highest BCUT2D eigenvalue weighted by Gasteiger charge is 2.10. The van der Waals surface area contributed by atoms with Gasteiger partial charge in [-0.15, -0.1) is 11.8 Å². The number of aliphatic hydroxyl groups is 1. The monoisotopic (exact) mass is 327 g/mol. The van der Waals surface area contributed by atoms with Crippen LogP contribution in [-0.2, 0) is 0 Å². The van der Waals surface area contributed by atoms with E-state index in [0.717, 1.165) is 15.6 Å². The molecule has 0 radical (unpaired) electrons. The van der Waals surface area contributed by atoms with Gasteiger partial charge in [0.1, 0.15) is 5.82 Å². The minimum atomic E-state index is -0.731. The van der Waals surface area contributed by atoms with Gasteiger partial charge in [0.15, 0.2) is 0 Å². The van der Waals surface area contributed by atoms with Gasteiger partial charge in [-0.25, -0.2) is 4.39 Å². The Balaban J connectivity index is 2.00. The van der Waals surface area contributed by atoms with Gasteiger partial charge in [-0.1, -0.05) is 12.1 Å². The summed E-state index contributed by atoms with van der Waals surface area (Å²) < 4.78 is 14.0. The Kier molecular flexibility index (Phi) is 4.74. The maximum absolute atomic E-state index is 13.0. The predicted molar refractivity (Wildman–Crippen MR) is 74.0 cm³/mol. The summed E-state index contributed by atoms with van der Waals surface area (Å²) in [5.41, 5.74) is 0.495. The molecule has 1 aromatic carbocycles. The molecule has 0 amide bonds. The second-order valence-electron chi connectivity index (χ2n) is 3.69. The number of pyridine rings is 1. The summed E-state index contributed by atoms with van der Waals surface area (Å²) in [5, 5.41) is 9.95. The molecular formula is C13H11BrFNOS. The predicted octanol–water partition coefficient (Wildman–Crippen LogP) is 3.81. The fourth-order valence-corrected chi connectivity index (χ4v) is 2.98. The molecule has 1 aromatic heterocycles. The Labute approximate surface area is 117 Å². The van der Waals surface area contributed by atoms with Crippen LogP contribution in [0, 0.1) is 5.82 Å². The second-order valence-corrected chi connectivity index (χ2v) is 5.61. The Morgan fingerprint density at radius 1 is 1.33 bits per heavy atom. The largest absolute Gasteiger partial charge is 0.387 e. The van der Waals surface area contributed by atoms with Gasteiger partial charge in [-0.3, -0.25) is 4.98 Å². The first-order valence-electron chi connectivity index (χ1n) is 5.32. The maximum Gasteiger partial charge on any atom is 0.141 e. The number of aliphatic hydroxyl groups excluding tert-OH is 1. The Morgan fingerprint density at radius 3 is 2.83 bits per heavy atom. The molecular weight excluding hydrogens is 317 g/mol. The van der Waals surface area contributed by atoms with Crippen LogP contribution >= 0.6 is 27.7 Å². The highest BCUT2D eigenvalue weighted by molar-refractivity contribution is 9.10. The zero-order valence-electron chi connectivity index (χ0n) is 9.38. The van der Waals surface area contributed by atoms with Crippen molar-refractivity contribution in [3.05, 3.63) is 58.6 Å². The lowest BCUT2D eigenvalue weighted by Gasteiger charge is -2.11. The van der Waals surface area contributed by atoms with Crippen LogP contribution in [0.5, 0.6) is 0 Å². The third kappa shape index (κ3) is 3.54. The first-order valence-corrected chi connectivity index (χ1v) is 7.10. The van der Waals surface area contributed by atoms with E-state index in [0.29, 0.717) is 11.3 Å². The summed E-state index contributed by atoms with van der Waals surface area (Å²) in [7, 11) is 0. The molecule has 1 heterocycles. The number of halogens is 2. The van der Waals surface area contributed by atoms with Gasteiger partial charge in [0.25, 0.3) is 0 Å². The molecule has 0 aliphatic carbocycles. The zero-order valence-corrected chi connectivity index (χ0v) is 11.8. The lowest BCUT2D eigenvalue weighted by atomic mass is 10.2. The third-order valence-electron chi connectivity index (χ3n) is 2.34. The minimum absolute atomic E-state index is 0.433. The number of rotatable bonds is 4. The number of thioether (sulfide) groups is 1. The molecule has 2 nitrogen and oxygen atoms in total. The number of aromatic nitrogens is 1. The first-order chi connectivity index (χ1) is 8.66. The van der Waals surface area contributed by atoms with E-state index in [1.165, 1.54) is 24.0 Å². The van der Waals surface area contributed by atoms with Crippen LogP contribution in [0.2, 0.25) is 0 Å². The van der Waals surface area contributed by atoms with Crippen LogP contribution < -0.4 is 0 Å². The lowest BCUT2D eigenvalue weighted by Crippen LogP contribution is -2.01. The van der Waals surface area contributed by atoms with Crippen molar-refractivity contribution in [2.75, 3.05) is 5.75 Å². The van der Waals surface area contributed by atoms with E-state index in [-0.39, 0.29) is 0 Å². The quantitative estimate of drug-likeness (QED) is 0.867. The molecule has 0 aliphatic heterocycles. The van der Waals surface area contributed by atoms with E-state index in [9.17, 15) is 9.50 Å². The topological polar surface area (TPSA) is 33.1 Å². The Bertz CT molecular complexity index is 538. The number of nitrogens with zero attached hydrogens (tertiary/aromatic N) is 1. The molecule has 0 aliphatic rings. The fourth-order valence-electron chi connectivity index (χ4n) is 1.44. The Hall–Kier alpha value is -0.910. The maximum atomic E-state index is 13.0. The van der Waals surface area contributed by atoms with Crippen molar-refractivity contribution in [2.24, 2.45) is 0 Å². The summed E-state index contributed by atoms with van der Waals surface area (Å²) in [6.45, 7) is 0. The molecule has 5 heteroatoms. The van der Waals surface area contributed by atoms with Crippen molar-refractivity contribution in [3.63, 3.8) is 0 Å². The third-order valence-corrected chi connectivity index (χ3v) is 4.45. The van der Waals surface area contributed by atoms with Gasteiger partial charge in [-0.05, 0) is 34.1 Å². The molecule has 0 bridgehead atoms. The second kappa shape index (κ2) is 6.31. The summed E-state index contributed by atoms with van der Waals surface area (Å²) in [6.07, 6.45) is 1.87. The summed E-state index contributed by atoms with van der Waals surface area (Å²) in [5.74, 6) is 0.0192. The molecule has 18 heavy (non-hydrogen) atoms. The van der Waals surface area contributed by atoms with Gasteiger partial charge in [-0.2, -0.15) is 0 Å². The lowest BCUT2D eigenvalue weighted by molar-refractivity contribution is 0.203. The van der Waals surface area contributed by atoms with Crippen molar-refractivity contribution in [3.8, 4) is 0 Å². The smallest absolute Gasteiger partial charge is 0.141 e. The van der Waals surface area contributed by atoms with E-state index >= 15 is 0 Å². The molecule has 2 rings (SSSR count). The molecule has 1 unspecified atom stereocenters. The van der Waals surface area contributed by atoms with Crippen LogP contribution in [0.3, 0.4) is 0 Å². The van der Waals surface area contributed by atoms with Crippen LogP contribution in [0.1, 0.15) is 11.7 Å². The molecule has 94 valence electrons. The van der Waals surface area contributed by atoms with Crippen LogP contribution in [-0.4, -0.2) is 15.8 Å². The van der Waals surface area contributed by atoms with Crippen LogP contribution in [0.25, 0.3) is 0 Å².